The van der Waals surface area contributed by atoms with Crippen molar-refractivity contribution in [2.45, 2.75) is 26.2 Å². The first-order chi connectivity index (χ1) is 8.24. The topological polar surface area (TPSA) is 13.1 Å². The zero-order valence-electron chi connectivity index (χ0n) is 10.2. The molecule has 0 radical (unpaired) electrons. The lowest BCUT2D eigenvalue weighted by Crippen LogP contribution is -2.04. The van der Waals surface area contributed by atoms with E-state index in [2.05, 4.69) is 49.4 Å². The lowest BCUT2D eigenvalue weighted by Gasteiger charge is -2.17. The molecule has 1 heteroatoms. The minimum Gasteiger partial charge on any atom is -0.465 e. The van der Waals surface area contributed by atoms with Crippen molar-refractivity contribution < 1.29 is 4.42 Å². The van der Waals surface area contributed by atoms with Gasteiger partial charge in [-0.3, -0.25) is 0 Å². The number of hydrogen-bond donors (Lipinski definition) is 0. The van der Waals surface area contributed by atoms with Crippen molar-refractivity contribution in [3.8, 4) is 0 Å². The highest BCUT2D eigenvalue weighted by molar-refractivity contribution is 5.58. The highest BCUT2D eigenvalue weighted by Crippen LogP contribution is 2.31. The second-order valence-electron chi connectivity index (χ2n) is 4.76. The van der Waals surface area contributed by atoms with Gasteiger partial charge in [-0.05, 0) is 43.0 Å². The molecular weight excluding hydrogens is 208 g/mol. The molecule has 0 amide bonds. The average Bonchev–Trinajstić information content (AvgIpc) is 2.69. The lowest BCUT2D eigenvalue weighted by molar-refractivity contribution is 0.463. The normalized spacial score (nSPS) is 18.1. The predicted molar refractivity (Wildman–Crippen MR) is 70.1 cm³/mol. The maximum atomic E-state index is 5.82. The summed E-state index contributed by atoms with van der Waals surface area (Å²) in [5, 5.41) is 0. The van der Waals surface area contributed by atoms with Gasteiger partial charge in [0, 0.05) is 5.92 Å². The van der Waals surface area contributed by atoms with Crippen LogP contribution >= 0.6 is 0 Å². The summed E-state index contributed by atoms with van der Waals surface area (Å²) in [6, 6.07) is 10.7. The van der Waals surface area contributed by atoms with E-state index in [1.807, 2.05) is 6.92 Å². The van der Waals surface area contributed by atoms with Crippen LogP contribution in [0, 0.1) is 13.8 Å². The second kappa shape index (κ2) is 3.92. The maximum Gasteiger partial charge on any atom is 0.111 e. The molecule has 0 spiro atoms. The molecule has 17 heavy (non-hydrogen) atoms. The minimum atomic E-state index is 0.386. The zero-order valence-corrected chi connectivity index (χ0v) is 10.2. The van der Waals surface area contributed by atoms with Gasteiger partial charge in [0.15, 0.2) is 0 Å². The van der Waals surface area contributed by atoms with Crippen LogP contribution in [0.2, 0.25) is 0 Å². The van der Waals surface area contributed by atoms with Gasteiger partial charge < -0.3 is 4.42 Å². The van der Waals surface area contributed by atoms with Crippen LogP contribution in [0.15, 0.2) is 40.8 Å². The molecule has 3 rings (SSSR count). The van der Waals surface area contributed by atoms with Crippen molar-refractivity contribution in [1.29, 1.82) is 0 Å². The first-order valence-electron chi connectivity index (χ1n) is 6.07. The monoisotopic (exact) mass is 224 g/mol. The van der Waals surface area contributed by atoms with Gasteiger partial charge in [0.1, 0.15) is 11.5 Å². The molecule has 1 aliphatic rings. The largest absolute Gasteiger partial charge is 0.465 e. The summed E-state index contributed by atoms with van der Waals surface area (Å²) < 4.78 is 5.82. The summed E-state index contributed by atoms with van der Waals surface area (Å²) in [5.41, 5.74) is 3.99. The fourth-order valence-electron chi connectivity index (χ4n) is 2.39. The molecule has 86 valence electrons. The van der Waals surface area contributed by atoms with Crippen LogP contribution in [0.5, 0.6) is 0 Å². The van der Waals surface area contributed by atoms with Crippen molar-refractivity contribution >= 4 is 6.08 Å². The number of aryl methyl sites for hydroxylation is 2. The number of fused-ring (bicyclic) bond motifs is 1. The Balaban J connectivity index is 1.94. The van der Waals surface area contributed by atoms with Crippen LogP contribution in [-0.2, 0) is 6.42 Å². The Labute approximate surface area is 102 Å². The van der Waals surface area contributed by atoms with Crippen molar-refractivity contribution in [1.82, 2.24) is 0 Å². The number of rotatable bonds is 1. The van der Waals surface area contributed by atoms with Crippen LogP contribution in [0.1, 0.15) is 34.1 Å². The summed E-state index contributed by atoms with van der Waals surface area (Å²) in [5.74, 6) is 2.51. The first kappa shape index (κ1) is 10.4. The molecule has 0 fully saturated rings. The summed E-state index contributed by atoms with van der Waals surface area (Å²) in [6.07, 6.45) is 5.50. The SMILES string of the molecule is Cc1cc([C@@H]2C=Cc3ccccc3C2)oc1C. The van der Waals surface area contributed by atoms with Crippen molar-refractivity contribution in [2.24, 2.45) is 0 Å². The van der Waals surface area contributed by atoms with Crippen LogP contribution in [0.25, 0.3) is 6.08 Å². The maximum absolute atomic E-state index is 5.82. The van der Waals surface area contributed by atoms with E-state index in [0.29, 0.717) is 5.92 Å². The summed E-state index contributed by atoms with van der Waals surface area (Å²) in [6.45, 7) is 4.13. The Morgan fingerprint density at radius 1 is 1.18 bits per heavy atom. The zero-order chi connectivity index (χ0) is 11.8. The third-order valence-electron chi connectivity index (χ3n) is 3.55. The van der Waals surface area contributed by atoms with E-state index in [1.54, 1.807) is 0 Å². The smallest absolute Gasteiger partial charge is 0.111 e. The fourth-order valence-corrected chi connectivity index (χ4v) is 2.39. The van der Waals surface area contributed by atoms with Gasteiger partial charge in [-0.1, -0.05) is 36.4 Å². The fraction of sp³-hybridized carbons (Fsp3) is 0.250. The third kappa shape index (κ3) is 1.82. The summed E-state index contributed by atoms with van der Waals surface area (Å²) >= 11 is 0. The number of allylic oxidation sites excluding steroid dienone is 1. The molecule has 0 aliphatic heterocycles. The molecule has 0 unspecified atom stereocenters. The molecule has 1 aromatic heterocycles. The Kier molecular flexibility index (Phi) is 2.40. The molecule has 0 bridgehead atoms. The molecule has 1 aromatic carbocycles. The van der Waals surface area contributed by atoms with E-state index in [0.717, 1.165) is 17.9 Å². The number of furan rings is 1. The van der Waals surface area contributed by atoms with Gasteiger partial charge in [-0.15, -0.1) is 0 Å². The van der Waals surface area contributed by atoms with Gasteiger partial charge in [0.2, 0.25) is 0 Å². The Morgan fingerprint density at radius 3 is 2.76 bits per heavy atom. The molecule has 1 aliphatic carbocycles. The highest BCUT2D eigenvalue weighted by atomic mass is 16.3. The van der Waals surface area contributed by atoms with Gasteiger partial charge in [0.05, 0.1) is 0 Å². The van der Waals surface area contributed by atoms with Gasteiger partial charge in [-0.2, -0.15) is 0 Å². The molecule has 1 atom stereocenters. The molecule has 0 saturated heterocycles. The number of benzene rings is 1. The van der Waals surface area contributed by atoms with Crippen molar-refractivity contribution in [3.05, 3.63) is 64.6 Å². The second-order valence-corrected chi connectivity index (χ2v) is 4.76. The van der Waals surface area contributed by atoms with Gasteiger partial charge in [0.25, 0.3) is 0 Å². The van der Waals surface area contributed by atoms with Crippen molar-refractivity contribution in [2.75, 3.05) is 0 Å². The van der Waals surface area contributed by atoms with Crippen LogP contribution in [0.3, 0.4) is 0 Å². The first-order valence-corrected chi connectivity index (χ1v) is 6.07. The molecule has 0 N–H and O–H groups in total. The van der Waals surface area contributed by atoms with E-state index >= 15 is 0 Å². The molecule has 0 saturated carbocycles. The van der Waals surface area contributed by atoms with Crippen LogP contribution in [-0.4, -0.2) is 0 Å². The van der Waals surface area contributed by atoms with Crippen LogP contribution in [0.4, 0.5) is 0 Å². The van der Waals surface area contributed by atoms with Crippen molar-refractivity contribution in [3.63, 3.8) is 0 Å². The number of hydrogen-bond acceptors (Lipinski definition) is 1. The molecular formula is C16H16O. The molecule has 1 nitrogen and oxygen atoms in total. The van der Waals surface area contributed by atoms with Gasteiger partial charge >= 0.3 is 0 Å². The predicted octanol–water partition coefficient (Wildman–Crippen LogP) is 4.25. The lowest BCUT2D eigenvalue weighted by atomic mass is 9.88. The third-order valence-corrected chi connectivity index (χ3v) is 3.55. The molecule has 1 heterocycles. The summed E-state index contributed by atoms with van der Waals surface area (Å²) in [7, 11) is 0. The van der Waals surface area contributed by atoms with E-state index in [1.165, 1.54) is 16.7 Å². The Morgan fingerprint density at radius 2 is 2.00 bits per heavy atom. The van der Waals surface area contributed by atoms with E-state index in [9.17, 15) is 0 Å². The Bertz CT molecular complexity index is 555. The van der Waals surface area contributed by atoms with Crippen LogP contribution < -0.4 is 0 Å². The van der Waals surface area contributed by atoms with E-state index in [-0.39, 0.29) is 0 Å². The quantitative estimate of drug-likeness (QED) is 0.705. The molecule has 2 aromatic rings. The Hall–Kier alpha value is -1.76. The standard InChI is InChI=1S/C16H16O/c1-11-9-16(17-12(11)2)15-8-7-13-5-3-4-6-14(13)10-15/h3-9,15H,10H2,1-2H3/t15-/m1/s1. The van der Waals surface area contributed by atoms with Gasteiger partial charge in [-0.25, -0.2) is 0 Å². The summed E-state index contributed by atoms with van der Waals surface area (Å²) in [4.78, 5) is 0. The average molecular weight is 224 g/mol. The minimum absolute atomic E-state index is 0.386. The van der Waals surface area contributed by atoms with E-state index < -0.39 is 0 Å². The highest BCUT2D eigenvalue weighted by Gasteiger charge is 2.18. The van der Waals surface area contributed by atoms with E-state index in [4.69, 9.17) is 4.42 Å².